The maximum atomic E-state index is 11.0. The van der Waals surface area contributed by atoms with E-state index in [1.54, 1.807) is 13.8 Å². The third kappa shape index (κ3) is 5.11. The third-order valence-electron chi connectivity index (χ3n) is 9.25. The highest BCUT2D eigenvalue weighted by atomic mass is 16.5. The summed E-state index contributed by atoms with van der Waals surface area (Å²) in [4.78, 5) is 2.29. The first-order chi connectivity index (χ1) is 21.6. The lowest BCUT2D eigenvalue weighted by molar-refractivity contribution is -0.0899. The van der Waals surface area contributed by atoms with Crippen molar-refractivity contribution in [1.29, 1.82) is 0 Å². The van der Waals surface area contributed by atoms with E-state index >= 15 is 0 Å². The van der Waals surface area contributed by atoms with Crippen molar-refractivity contribution < 1.29 is 14.3 Å². The molecule has 1 heterocycles. The Hall–Kier alpha value is -4.74. The standard InChI is InChI=1S/C40H36BNO3/c1-39(2,43)40(3,4)45-34-20-11-17-30-31(25-35-38(36(30)34)37-32(41)18-12-19-33(37)44-35)26-21-23-29(24-22-26)42(27-13-7-5-8-14-27)28-15-9-6-10-16-28/h5-21,23-26,43H,22H2,1-4H3. The van der Waals surface area contributed by atoms with Gasteiger partial charge in [-0.15, -0.1) is 0 Å². The van der Waals surface area contributed by atoms with Crippen molar-refractivity contribution in [3.05, 3.63) is 133 Å². The minimum atomic E-state index is -1.08. The van der Waals surface area contributed by atoms with Gasteiger partial charge in [0.15, 0.2) is 0 Å². The lowest BCUT2D eigenvalue weighted by Gasteiger charge is -2.38. The zero-order chi connectivity index (χ0) is 31.3. The van der Waals surface area contributed by atoms with Crippen molar-refractivity contribution in [2.45, 2.75) is 51.2 Å². The van der Waals surface area contributed by atoms with Gasteiger partial charge in [-0.1, -0.05) is 78.3 Å². The average molecular weight is 590 g/mol. The predicted molar refractivity (Wildman–Crippen MR) is 187 cm³/mol. The number of hydrogen-bond donors (Lipinski definition) is 1. The molecule has 5 heteroatoms. The maximum absolute atomic E-state index is 11.0. The summed E-state index contributed by atoms with van der Waals surface area (Å²) in [5.41, 5.74) is 4.71. The van der Waals surface area contributed by atoms with E-state index in [0.717, 1.165) is 61.8 Å². The number of allylic oxidation sites excluding steroid dienone is 3. The Morgan fingerprint density at radius 1 is 0.778 bits per heavy atom. The van der Waals surface area contributed by atoms with Crippen LogP contribution in [0, 0.1) is 0 Å². The van der Waals surface area contributed by atoms with Gasteiger partial charge < -0.3 is 19.2 Å². The molecule has 1 aliphatic rings. The summed E-state index contributed by atoms with van der Waals surface area (Å²) in [7, 11) is 6.56. The van der Waals surface area contributed by atoms with Gasteiger partial charge in [-0.2, -0.15) is 0 Å². The van der Waals surface area contributed by atoms with Gasteiger partial charge in [0.1, 0.15) is 30.4 Å². The summed E-state index contributed by atoms with van der Waals surface area (Å²) in [5, 5.41) is 14.8. The van der Waals surface area contributed by atoms with E-state index in [4.69, 9.17) is 17.0 Å². The van der Waals surface area contributed by atoms with Gasteiger partial charge in [0.25, 0.3) is 0 Å². The van der Waals surface area contributed by atoms with Gasteiger partial charge >= 0.3 is 0 Å². The molecule has 0 spiro atoms. The topological polar surface area (TPSA) is 45.8 Å². The molecule has 7 rings (SSSR count). The first-order valence-electron chi connectivity index (χ1n) is 15.5. The minimum Gasteiger partial charge on any atom is -0.484 e. The highest BCUT2D eigenvalue weighted by molar-refractivity contribution is 6.43. The monoisotopic (exact) mass is 589 g/mol. The number of anilines is 2. The molecule has 6 aromatic rings. The van der Waals surface area contributed by atoms with Crippen molar-refractivity contribution in [3.63, 3.8) is 0 Å². The van der Waals surface area contributed by atoms with E-state index in [0.29, 0.717) is 11.2 Å². The minimum absolute atomic E-state index is 0.108. The number of ether oxygens (including phenoxy) is 1. The molecule has 0 aliphatic heterocycles. The molecular weight excluding hydrogens is 553 g/mol. The summed E-state index contributed by atoms with van der Waals surface area (Å²) in [5.74, 6) is 0.796. The molecule has 1 unspecified atom stereocenters. The van der Waals surface area contributed by atoms with Crippen molar-refractivity contribution in [3.8, 4) is 5.75 Å². The van der Waals surface area contributed by atoms with Gasteiger partial charge in [-0.05, 0) is 93.6 Å². The van der Waals surface area contributed by atoms with Crippen molar-refractivity contribution in [2.24, 2.45) is 0 Å². The molecule has 0 saturated heterocycles. The van der Waals surface area contributed by atoms with Crippen molar-refractivity contribution in [2.75, 3.05) is 4.90 Å². The molecule has 0 bridgehead atoms. The molecule has 1 N–H and O–H groups in total. The molecule has 5 aromatic carbocycles. The molecule has 4 nitrogen and oxygen atoms in total. The smallest absolute Gasteiger partial charge is 0.136 e. The molecule has 45 heavy (non-hydrogen) atoms. The number of hydrogen-bond acceptors (Lipinski definition) is 4. The van der Waals surface area contributed by atoms with Crippen LogP contribution in [0.4, 0.5) is 11.4 Å². The second kappa shape index (κ2) is 11.0. The van der Waals surface area contributed by atoms with Gasteiger partial charge in [0.05, 0.1) is 5.60 Å². The molecule has 1 aromatic heterocycles. The van der Waals surface area contributed by atoms with E-state index in [1.807, 2.05) is 56.3 Å². The van der Waals surface area contributed by atoms with Gasteiger partial charge in [-0.3, -0.25) is 0 Å². The van der Waals surface area contributed by atoms with Crippen LogP contribution in [0.15, 0.2) is 131 Å². The van der Waals surface area contributed by atoms with Crippen LogP contribution >= 0.6 is 0 Å². The van der Waals surface area contributed by atoms with Crippen LogP contribution in [0.2, 0.25) is 0 Å². The number of nitrogens with zero attached hydrogens (tertiary/aromatic N) is 1. The number of furan rings is 1. The van der Waals surface area contributed by atoms with Crippen LogP contribution in [0.5, 0.6) is 5.75 Å². The Bertz CT molecular complexity index is 2050. The third-order valence-corrected chi connectivity index (χ3v) is 9.25. The molecular formula is C40H36BNO3. The number of rotatable bonds is 7. The van der Waals surface area contributed by atoms with Gasteiger partial charge in [0.2, 0.25) is 0 Å². The quantitative estimate of drug-likeness (QED) is 0.189. The molecule has 1 atom stereocenters. The fraction of sp³-hybridized carbons (Fsp3) is 0.200. The average Bonchev–Trinajstić information content (AvgIpc) is 3.41. The zero-order valence-electron chi connectivity index (χ0n) is 26.1. The van der Waals surface area contributed by atoms with Crippen molar-refractivity contribution in [1.82, 2.24) is 0 Å². The predicted octanol–water partition coefficient (Wildman–Crippen LogP) is 9.23. The Morgan fingerprint density at radius 3 is 2.07 bits per heavy atom. The first kappa shape index (κ1) is 29.0. The fourth-order valence-electron chi connectivity index (χ4n) is 6.19. The molecule has 0 fully saturated rings. The SMILES string of the molecule is [B]c1cccc2oc3cc(C4C=CC(N(c5ccccc5)c5ccccc5)=CC4)c4cccc(OC(C)(C)C(C)(C)O)c4c3c12. The lowest BCUT2D eigenvalue weighted by Crippen LogP contribution is -2.49. The first-order valence-corrected chi connectivity index (χ1v) is 15.5. The van der Waals surface area contributed by atoms with E-state index in [9.17, 15) is 5.11 Å². The van der Waals surface area contributed by atoms with E-state index in [-0.39, 0.29) is 5.92 Å². The Labute approximate surface area is 265 Å². The maximum Gasteiger partial charge on any atom is 0.136 e. The Morgan fingerprint density at radius 2 is 1.44 bits per heavy atom. The van der Waals surface area contributed by atoms with Crippen LogP contribution in [0.25, 0.3) is 32.7 Å². The van der Waals surface area contributed by atoms with E-state index in [2.05, 4.69) is 83.8 Å². The second-order valence-electron chi connectivity index (χ2n) is 12.8. The van der Waals surface area contributed by atoms with E-state index < -0.39 is 11.2 Å². The second-order valence-corrected chi connectivity index (χ2v) is 12.8. The van der Waals surface area contributed by atoms with Crippen LogP contribution in [-0.2, 0) is 0 Å². The Kier molecular flexibility index (Phi) is 7.10. The highest BCUT2D eigenvalue weighted by Crippen LogP contribution is 2.45. The van der Waals surface area contributed by atoms with Crippen molar-refractivity contribution >= 4 is 57.4 Å². The van der Waals surface area contributed by atoms with Crippen LogP contribution in [0.1, 0.15) is 45.6 Å². The molecule has 2 radical (unpaired) electrons. The van der Waals surface area contributed by atoms with Crippen LogP contribution < -0.4 is 15.1 Å². The summed E-state index contributed by atoms with van der Waals surface area (Å²) in [6.45, 7) is 7.37. The summed E-state index contributed by atoms with van der Waals surface area (Å²) >= 11 is 0. The summed E-state index contributed by atoms with van der Waals surface area (Å²) < 4.78 is 13.1. The molecule has 0 amide bonds. The lowest BCUT2D eigenvalue weighted by atomic mass is 9.84. The largest absolute Gasteiger partial charge is 0.484 e. The summed E-state index contributed by atoms with van der Waals surface area (Å²) in [6.07, 6.45) is 7.64. The highest BCUT2D eigenvalue weighted by Gasteiger charge is 2.38. The van der Waals surface area contributed by atoms with E-state index in [1.165, 1.54) is 0 Å². The zero-order valence-corrected chi connectivity index (χ0v) is 26.1. The number of aliphatic hydroxyl groups is 1. The molecule has 1 aliphatic carbocycles. The number of benzene rings is 5. The Balaban J connectivity index is 1.38. The normalized spacial score (nSPS) is 15.5. The van der Waals surface area contributed by atoms with Crippen LogP contribution in [0.3, 0.4) is 0 Å². The number of fused-ring (bicyclic) bond motifs is 5. The molecule has 222 valence electrons. The van der Waals surface area contributed by atoms with Gasteiger partial charge in [0, 0.05) is 39.1 Å². The van der Waals surface area contributed by atoms with Gasteiger partial charge in [-0.25, -0.2) is 0 Å². The molecule has 0 saturated carbocycles. The van der Waals surface area contributed by atoms with Crippen LogP contribution in [-0.4, -0.2) is 24.2 Å². The fourth-order valence-corrected chi connectivity index (χ4v) is 6.19. The number of para-hydroxylation sites is 2. The summed E-state index contributed by atoms with van der Waals surface area (Å²) in [6, 6.07) is 35.0.